The van der Waals surface area contributed by atoms with Crippen molar-refractivity contribution >= 4 is 6.29 Å². The van der Waals surface area contributed by atoms with Crippen molar-refractivity contribution in [2.45, 2.75) is 40.5 Å². The molecule has 0 aliphatic heterocycles. The molecule has 1 unspecified atom stereocenters. The van der Waals surface area contributed by atoms with Crippen molar-refractivity contribution in [1.82, 2.24) is 0 Å². The van der Waals surface area contributed by atoms with Gasteiger partial charge in [-0.25, -0.2) is 0 Å². The molecule has 1 aliphatic rings. The van der Waals surface area contributed by atoms with Gasteiger partial charge in [0, 0.05) is 5.92 Å². The Labute approximate surface area is 74.9 Å². The summed E-state index contributed by atoms with van der Waals surface area (Å²) >= 11 is 0. The summed E-state index contributed by atoms with van der Waals surface area (Å²) in [5.41, 5.74) is 2.87. The van der Waals surface area contributed by atoms with Gasteiger partial charge in [0.1, 0.15) is 6.29 Å². The number of aldehydes is 1. The fourth-order valence-corrected chi connectivity index (χ4v) is 2.00. The van der Waals surface area contributed by atoms with E-state index in [1.165, 1.54) is 11.1 Å². The predicted molar refractivity (Wildman–Crippen MR) is 50.9 cm³/mol. The summed E-state index contributed by atoms with van der Waals surface area (Å²) < 4.78 is 0. The van der Waals surface area contributed by atoms with Gasteiger partial charge < -0.3 is 4.79 Å². The quantitative estimate of drug-likeness (QED) is 0.432. The molecule has 0 aromatic carbocycles. The van der Waals surface area contributed by atoms with Crippen LogP contribution in [0, 0.1) is 11.3 Å². The Morgan fingerprint density at radius 3 is 2.42 bits per heavy atom. The van der Waals surface area contributed by atoms with Crippen molar-refractivity contribution in [2.75, 3.05) is 0 Å². The Morgan fingerprint density at radius 1 is 1.42 bits per heavy atom. The van der Waals surface area contributed by atoms with Crippen LogP contribution in [0.4, 0.5) is 0 Å². The van der Waals surface area contributed by atoms with Crippen LogP contribution in [0.2, 0.25) is 0 Å². The summed E-state index contributed by atoms with van der Waals surface area (Å²) in [4.78, 5) is 10.9. The molecule has 0 fully saturated rings. The van der Waals surface area contributed by atoms with Gasteiger partial charge in [0.05, 0.1) is 0 Å². The maximum absolute atomic E-state index is 10.9. The van der Waals surface area contributed by atoms with Crippen molar-refractivity contribution in [2.24, 2.45) is 11.3 Å². The number of hydrogen-bond donors (Lipinski definition) is 0. The molecule has 1 nitrogen and oxygen atoms in total. The first-order chi connectivity index (χ1) is 5.49. The van der Waals surface area contributed by atoms with Crippen LogP contribution >= 0.6 is 0 Å². The third kappa shape index (κ3) is 1.45. The highest BCUT2D eigenvalue weighted by molar-refractivity contribution is 5.61. The highest BCUT2D eigenvalue weighted by Crippen LogP contribution is 2.42. The second-order valence-electron chi connectivity index (χ2n) is 4.57. The Bertz CT molecular complexity index is 223. The smallest absolute Gasteiger partial charge is 0.127 e. The van der Waals surface area contributed by atoms with Gasteiger partial charge in [-0.3, -0.25) is 0 Å². The maximum Gasteiger partial charge on any atom is 0.127 e. The number of carbonyl (C=O) groups is 1. The van der Waals surface area contributed by atoms with Gasteiger partial charge in [-0.15, -0.1) is 0 Å². The minimum absolute atomic E-state index is 0.145. The zero-order chi connectivity index (χ0) is 9.35. The highest BCUT2D eigenvalue weighted by Gasteiger charge is 2.34. The largest absolute Gasteiger partial charge is 0.303 e. The lowest BCUT2D eigenvalue weighted by Crippen LogP contribution is -2.30. The molecule has 1 aliphatic carbocycles. The van der Waals surface area contributed by atoms with Crippen molar-refractivity contribution in [3.05, 3.63) is 11.1 Å². The normalized spacial score (nSPS) is 28.8. The Balaban J connectivity index is 3.01. The lowest BCUT2D eigenvalue weighted by molar-refractivity contribution is -0.113. The Kier molecular flexibility index (Phi) is 2.41. The van der Waals surface area contributed by atoms with E-state index in [0.29, 0.717) is 0 Å². The van der Waals surface area contributed by atoms with Crippen LogP contribution in [-0.2, 0) is 4.79 Å². The molecule has 68 valence electrons. The number of hydrogen-bond acceptors (Lipinski definition) is 1. The van der Waals surface area contributed by atoms with Gasteiger partial charge >= 0.3 is 0 Å². The fraction of sp³-hybridized carbons (Fsp3) is 0.727. The molecular formula is C11H18O. The molecule has 0 heterocycles. The van der Waals surface area contributed by atoms with Gasteiger partial charge in [0.15, 0.2) is 0 Å². The average Bonchev–Trinajstić information content (AvgIpc) is 1.99. The topological polar surface area (TPSA) is 17.1 Å². The number of carbonyl (C=O) groups excluding carboxylic acids is 1. The van der Waals surface area contributed by atoms with E-state index in [-0.39, 0.29) is 11.3 Å². The van der Waals surface area contributed by atoms with Gasteiger partial charge in [0.25, 0.3) is 0 Å². The van der Waals surface area contributed by atoms with Crippen molar-refractivity contribution < 1.29 is 4.79 Å². The van der Waals surface area contributed by atoms with Crippen LogP contribution in [0.15, 0.2) is 11.1 Å². The molecule has 0 radical (unpaired) electrons. The molecule has 0 amide bonds. The monoisotopic (exact) mass is 166 g/mol. The van der Waals surface area contributed by atoms with E-state index in [2.05, 4.69) is 27.7 Å². The van der Waals surface area contributed by atoms with E-state index in [0.717, 1.165) is 19.1 Å². The first-order valence-electron chi connectivity index (χ1n) is 4.60. The zero-order valence-corrected chi connectivity index (χ0v) is 8.48. The van der Waals surface area contributed by atoms with Gasteiger partial charge in [-0.1, -0.05) is 25.0 Å². The molecule has 0 aromatic heterocycles. The molecule has 0 spiro atoms. The predicted octanol–water partition coefficient (Wildman–Crippen LogP) is 2.96. The van der Waals surface area contributed by atoms with E-state index in [1.54, 1.807) is 0 Å². The molecule has 12 heavy (non-hydrogen) atoms. The maximum atomic E-state index is 10.9. The summed E-state index contributed by atoms with van der Waals surface area (Å²) in [5.74, 6) is 0.145. The molecule has 0 saturated heterocycles. The van der Waals surface area contributed by atoms with E-state index in [4.69, 9.17) is 0 Å². The number of allylic oxidation sites excluding steroid dienone is 2. The molecule has 1 rings (SSSR count). The fourth-order valence-electron chi connectivity index (χ4n) is 2.00. The summed E-state index contributed by atoms with van der Waals surface area (Å²) in [5, 5.41) is 0. The minimum atomic E-state index is 0.145. The molecule has 0 saturated carbocycles. The summed E-state index contributed by atoms with van der Waals surface area (Å²) in [6, 6.07) is 0. The summed E-state index contributed by atoms with van der Waals surface area (Å²) in [7, 11) is 0. The standard InChI is InChI=1S/C11H18O/c1-8-5-6-11(3,4)10(7-12)9(8)2/h7,10H,5-6H2,1-4H3. The van der Waals surface area contributed by atoms with Crippen molar-refractivity contribution in [3.63, 3.8) is 0 Å². The van der Waals surface area contributed by atoms with Gasteiger partial charge in [0.2, 0.25) is 0 Å². The molecule has 0 bridgehead atoms. The number of rotatable bonds is 1. The van der Waals surface area contributed by atoms with E-state index < -0.39 is 0 Å². The SMILES string of the molecule is CC1=C(C)C(C=O)C(C)(C)CC1. The molecule has 1 atom stereocenters. The third-order valence-electron chi connectivity index (χ3n) is 3.26. The molecule has 0 N–H and O–H groups in total. The molecular weight excluding hydrogens is 148 g/mol. The van der Waals surface area contributed by atoms with Crippen LogP contribution in [0.5, 0.6) is 0 Å². The third-order valence-corrected chi connectivity index (χ3v) is 3.26. The van der Waals surface area contributed by atoms with Gasteiger partial charge in [-0.05, 0) is 32.1 Å². The van der Waals surface area contributed by atoms with Crippen LogP contribution in [-0.4, -0.2) is 6.29 Å². The van der Waals surface area contributed by atoms with Crippen LogP contribution in [0.1, 0.15) is 40.5 Å². The first kappa shape index (κ1) is 9.50. The zero-order valence-electron chi connectivity index (χ0n) is 8.48. The Hall–Kier alpha value is -0.590. The summed E-state index contributed by atoms with van der Waals surface area (Å²) in [6.07, 6.45) is 3.40. The van der Waals surface area contributed by atoms with Crippen LogP contribution in [0.25, 0.3) is 0 Å². The minimum Gasteiger partial charge on any atom is -0.303 e. The lowest BCUT2D eigenvalue weighted by atomic mass is 9.67. The lowest BCUT2D eigenvalue weighted by Gasteiger charge is -2.36. The van der Waals surface area contributed by atoms with Crippen LogP contribution < -0.4 is 0 Å². The summed E-state index contributed by atoms with van der Waals surface area (Å²) in [6.45, 7) is 8.60. The van der Waals surface area contributed by atoms with Gasteiger partial charge in [-0.2, -0.15) is 0 Å². The van der Waals surface area contributed by atoms with Crippen molar-refractivity contribution in [1.29, 1.82) is 0 Å². The average molecular weight is 166 g/mol. The van der Waals surface area contributed by atoms with E-state index >= 15 is 0 Å². The second-order valence-corrected chi connectivity index (χ2v) is 4.57. The van der Waals surface area contributed by atoms with Crippen LogP contribution in [0.3, 0.4) is 0 Å². The van der Waals surface area contributed by atoms with E-state index in [1.807, 2.05) is 0 Å². The molecule has 0 aromatic rings. The highest BCUT2D eigenvalue weighted by atomic mass is 16.1. The second kappa shape index (κ2) is 3.04. The first-order valence-corrected chi connectivity index (χ1v) is 4.60. The Morgan fingerprint density at radius 2 is 2.00 bits per heavy atom. The molecule has 1 heteroatoms. The van der Waals surface area contributed by atoms with Crippen molar-refractivity contribution in [3.8, 4) is 0 Å². The van der Waals surface area contributed by atoms with E-state index in [9.17, 15) is 4.79 Å².